The van der Waals surface area contributed by atoms with E-state index in [2.05, 4.69) is 5.32 Å². The highest BCUT2D eigenvalue weighted by Gasteiger charge is 2.25. The monoisotopic (exact) mass is 314 g/mol. The Kier molecular flexibility index (Phi) is 8.66. The second-order valence-electron chi connectivity index (χ2n) is 5.04. The zero-order valence-electron chi connectivity index (χ0n) is 12.5. The molecule has 1 aromatic rings. The average Bonchev–Trinajstić information content (AvgIpc) is 2.45. The number of carbonyl (C=O) groups excluding carboxylic acids is 2. The highest BCUT2D eigenvalue weighted by molar-refractivity contribution is 5.87. The van der Waals surface area contributed by atoms with Gasteiger partial charge in [0, 0.05) is 6.42 Å². The van der Waals surface area contributed by atoms with Crippen LogP contribution < -0.4 is 11.1 Å². The van der Waals surface area contributed by atoms with E-state index < -0.39 is 18.1 Å². The fourth-order valence-corrected chi connectivity index (χ4v) is 1.76. The van der Waals surface area contributed by atoms with Crippen LogP contribution in [0.25, 0.3) is 0 Å². The standard InChI is InChI=1S/C15H22N2O3.ClH/c1-10(2)13(16)14(18)17-12(15(19)20-3)9-11-7-5-4-6-8-11;/h4-8,10,12-13H,9,16H2,1-3H3,(H,17,18);1H/t12?,13-;/m1./s1. The molecular weight excluding hydrogens is 292 g/mol. The van der Waals surface area contributed by atoms with Crippen LogP contribution in [0.5, 0.6) is 0 Å². The second-order valence-corrected chi connectivity index (χ2v) is 5.04. The molecule has 1 aromatic carbocycles. The van der Waals surface area contributed by atoms with Gasteiger partial charge in [0.05, 0.1) is 13.2 Å². The zero-order chi connectivity index (χ0) is 15.1. The van der Waals surface area contributed by atoms with Gasteiger partial charge in [-0.15, -0.1) is 12.4 Å². The minimum atomic E-state index is -0.723. The summed E-state index contributed by atoms with van der Waals surface area (Å²) in [5.41, 5.74) is 6.72. The maximum Gasteiger partial charge on any atom is 0.328 e. The van der Waals surface area contributed by atoms with Gasteiger partial charge in [0.25, 0.3) is 0 Å². The fourth-order valence-electron chi connectivity index (χ4n) is 1.76. The molecule has 2 atom stereocenters. The molecule has 0 bridgehead atoms. The van der Waals surface area contributed by atoms with Crippen LogP contribution in [0.3, 0.4) is 0 Å². The fraction of sp³-hybridized carbons (Fsp3) is 0.467. The van der Waals surface area contributed by atoms with Crippen LogP contribution in [-0.4, -0.2) is 31.1 Å². The lowest BCUT2D eigenvalue weighted by Gasteiger charge is -2.21. The van der Waals surface area contributed by atoms with Crippen LogP contribution in [0.15, 0.2) is 30.3 Å². The predicted octanol–water partition coefficient (Wildman–Crippen LogP) is 1.29. The Morgan fingerprint density at radius 3 is 2.29 bits per heavy atom. The SMILES string of the molecule is COC(=O)C(Cc1ccccc1)NC(=O)[C@H](N)C(C)C.Cl. The number of benzene rings is 1. The van der Waals surface area contributed by atoms with E-state index in [0.717, 1.165) is 5.56 Å². The maximum absolute atomic E-state index is 12.0. The number of rotatable bonds is 6. The first-order valence-electron chi connectivity index (χ1n) is 6.63. The van der Waals surface area contributed by atoms with Gasteiger partial charge in [0.15, 0.2) is 0 Å². The third-order valence-electron chi connectivity index (χ3n) is 3.11. The molecule has 0 aliphatic carbocycles. The largest absolute Gasteiger partial charge is 0.467 e. The Labute approximate surface area is 131 Å². The number of hydrogen-bond acceptors (Lipinski definition) is 4. The predicted molar refractivity (Wildman–Crippen MR) is 84.2 cm³/mol. The summed E-state index contributed by atoms with van der Waals surface area (Å²) in [6, 6.07) is 8.08. The molecule has 5 nitrogen and oxygen atoms in total. The van der Waals surface area contributed by atoms with Gasteiger partial charge < -0.3 is 15.8 Å². The molecule has 0 saturated heterocycles. The van der Waals surface area contributed by atoms with Crippen LogP contribution in [0.4, 0.5) is 0 Å². The van der Waals surface area contributed by atoms with Crippen LogP contribution >= 0.6 is 12.4 Å². The zero-order valence-corrected chi connectivity index (χ0v) is 13.4. The molecule has 0 spiro atoms. The average molecular weight is 315 g/mol. The van der Waals surface area contributed by atoms with Crippen molar-refractivity contribution < 1.29 is 14.3 Å². The Balaban J connectivity index is 0.00000400. The van der Waals surface area contributed by atoms with Gasteiger partial charge in [0.1, 0.15) is 6.04 Å². The molecule has 21 heavy (non-hydrogen) atoms. The van der Waals surface area contributed by atoms with Crippen molar-refractivity contribution in [3.05, 3.63) is 35.9 Å². The van der Waals surface area contributed by atoms with E-state index in [1.54, 1.807) is 0 Å². The molecule has 0 heterocycles. The highest BCUT2D eigenvalue weighted by Crippen LogP contribution is 2.06. The van der Waals surface area contributed by atoms with E-state index >= 15 is 0 Å². The minimum Gasteiger partial charge on any atom is -0.467 e. The number of carbonyl (C=O) groups is 2. The molecule has 1 unspecified atom stereocenters. The number of esters is 1. The molecule has 6 heteroatoms. The molecule has 1 rings (SSSR count). The third-order valence-corrected chi connectivity index (χ3v) is 3.11. The van der Waals surface area contributed by atoms with Crippen LogP contribution in [0.2, 0.25) is 0 Å². The molecular formula is C15H23ClN2O3. The van der Waals surface area contributed by atoms with Gasteiger partial charge >= 0.3 is 5.97 Å². The molecule has 118 valence electrons. The summed E-state index contributed by atoms with van der Waals surface area (Å²) in [7, 11) is 1.30. The van der Waals surface area contributed by atoms with Crippen molar-refractivity contribution in [2.45, 2.75) is 32.4 Å². The van der Waals surface area contributed by atoms with Crippen molar-refractivity contribution in [3.8, 4) is 0 Å². The second kappa shape index (κ2) is 9.37. The summed E-state index contributed by atoms with van der Waals surface area (Å²) in [6.45, 7) is 3.71. The summed E-state index contributed by atoms with van der Waals surface area (Å²) in [4.78, 5) is 23.7. The minimum absolute atomic E-state index is 0. The van der Waals surface area contributed by atoms with Crippen molar-refractivity contribution in [2.75, 3.05) is 7.11 Å². The number of halogens is 1. The summed E-state index contributed by atoms with van der Waals surface area (Å²) in [6.07, 6.45) is 0.379. The summed E-state index contributed by atoms with van der Waals surface area (Å²) >= 11 is 0. The Morgan fingerprint density at radius 1 is 1.24 bits per heavy atom. The lowest BCUT2D eigenvalue weighted by atomic mass is 10.0. The van der Waals surface area contributed by atoms with Crippen molar-refractivity contribution in [2.24, 2.45) is 11.7 Å². The van der Waals surface area contributed by atoms with Crippen molar-refractivity contribution >= 4 is 24.3 Å². The number of ether oxygens (including phenoxy) is 1. The van der Waals surface area contributed by atoms with Gasteiger partial charge in [-0.1, -0.05) is 44.2 Å². The Morgan fingerprint density at radius 2 is 1.81 bits per heavy atom. The van der Waals surface area contributed by atoms with E-state index in [1.165, 1.54) is 7.11 Å². The van der Waals surface area contributed by atoms with E-state index in [4.69, 9.17) is 10.5 Å². The molecule has 0 saturated carbocycles. The molecule has 0 aromatic heterocycles. The lowest BCUT2D eigenvalue weighted by Crippen LogP contribution is -2.51. The van der Waals surface area contributed by atoms with Crippen LogP contribution in [0.1, 0.15) is 19.4 Å². The van der Waals surface area contributed by atoms with E-state index in [-0.39, 0.29) is 24.2 Å². The van der Waals surface area contributed by atoms with E-state index in [0.29, 0.717) is 6.42 Å². The first-order chi connectivity index (χ1) is 9.45. The lowest BCUT2D eigenvalue weighted by molar-refractivity contribution is -0.145. The Hall–Kier alpha value is -1.59. The molecule has 0 aliphatic heterocycles. The van der Waals surface area contributed by atoms with E-state index in [1.807, 2.05) is 44.2 Å². The molecule has 3 N–H and O–H groups in total. The number of amides is 1. The number of nitrogens with two attached hydrogens (primary N) is 1. The first kappa shape index (κ1) is 19.4. The molecule has 1 amide bonds. The Bertz CT molecular complexity index is 451. The van der Waals surface area contributed by atoms with Crippen molar-refractivity contribution in [1.82, 2.24) is 5.32 Å². The van der Waals surface area contributed by atoms with Crippen molar-refractivity contribution in [3.63, 3.8) is 0 Å². The van der Waals surface area contributed by atoms with Gasteiger partial charge in [-0.3, -0.25) is 4.79 Å². The quantitative estimate of drug-likeness (QED) is 0.775. The van der Waals surface area contributed by atoms with Crippen LogP contribution in [-0.2, 0) is 20.7 Å². The number of hydrogen-bond donors (Lipinski definition) is 2. The van der Waals surface area contributed by atoms with Crippen LogP contribution in [0, 0.1) is 5.92 Å². The summed E-state index contributed by atoms with van der Waals surface area (Å²) in [5, 5.41) is 2.66. The topological polar surface area (TPSA) is 81.4 Å². The van der Waals surface area contributed by atoms with Gasteiger partial charge in [-0.2, -0.15) is 0 Å². The van der Waals surface area contributed by atoms with Crippen molar-refractivity contribution in [1.29, 1.82) is 0 Å². The summed E-state index contributed by atoms with van der Waals surface area (Å²) < 4.78 is 4.73. The normalized spacial score (nSPS) is 13.0. The molecule has 0 radical (unpaired) electrons. The summed E-state index contributed by atoms with van der Waals surface area (Å²) in [5.74, 6) is -0.811. The number of methoxy groups -OCH3 is 1. The molecule has 0 fully saturated rings. The van der Waals surface area contributed by atoms with E-state index in [9.17, 15) is 9.59 Å². The van der Waals surface area contributed by atoms with Gasteiger partial charge in [-0.25, -0.2) is 4.79 Å². The van der Waals surface area contributed by atoms with Gasteiger partial charge in [0.2, 0.25) is 5.91 Å². The smallest absolute Gasteiger partial charge is 0.328 e. The first-order valence-corrected chi connectivity index (χ1v) is 6.63. The number of nitrogens with one attached hydrogen (secondary N) is 1. The van der Waals surface area contributed by atoms with Gasteiger partial charge in [-0.05, 0) is 11.5 Å². The highest BCUT2D eigenvalue weighted by atomic mass is 35.5. The molecule has 0 aliphatic rings. The third kappa shape index (κ3) is 6.14. The maximum atomic E-state index is 12.0.